The highest BCUT2D eigenvalue weighted by Crippen LogP contribution is 2.09. The minimum Gasteiger partial charge on any atom is -0.369 e. The van der Waals surface area contributed by atoms with Gasteiger partial charge < -0.3 is 10.6 Å². The van der Waals surface area contributed by atoms with Gasteiger partial charge in [0.05, 0.1) is 5.56 Å². The van der Waals surface area contributed by atoms with Gasteiger partial charge in [0, 0.05) is 18.8 Å². The Labute approximate surface area is 95.7 Å². The third-order valence-corrected chi connectivity index (χ3v) is 2.83. The van der Waals surface area contributed by atoms with Crippen LogP contribution in [0, 0.1) is 11.3 Å². The molecule has 1 aliphatic heterocycles. The first-order valence-corrected chi connectivity index (χ1v) is 5.72. The summed E-state index contributed by atoms with van der Waals surface area (Å²) >= 11 is 0. The van der Waals surface area contributed by atoms with E-state index in [1.165, 1.54) is 19.3 Å². The van der Waals surface area contributed by atoms with Crippen LogP contribution in [0.1, 0.15) is 24.8 Å². The van der Waals surface area contributed by atoms with Crippen molar-refractivity contribution in [2.45, 2.75) is 25.3 Å². The van der Waals surface area contributed by atoms with E-state index in [4.69, 9.17) is 5.26 Å². The first-order valence-electron chi connectivity index (χ1n) is 5.72. The van der Waals surface area contributed by atoms with Gasteiger partial charge in [0.1, 0.15) is 11.9 Å². The number of anilines is 1. The fourth-order valence-electron chi connectivity index (χ4n) is 1.89. The van der Waals surface area contributed by atoms with Crippen LogP contribution in [0.2, 0.25) is 0 Å². The number of piperidine rings is 1. The third-order valence-electron chi connectivity index (χ3n) is 2.83. The van der Waals surface area contributed by atoms with Gasteiger partial charge in [-0.1, -0.05) is 6.42 Å². The fraction of sp³-hybridized carbons (Fsp3) is 0.500. The molecule has 2 rings (SSSR count). The summed E-state index contributed by atoms with van der Waals surface area (Å²) in [6, 6.07) is 6.23. The lowest BCUT2D eigenvalue weighted by atomic mass is 10.1. The Hall–Kier alpha value is -1.60. The highest BCUT2D eigenvalue weighted by molar-refractivity contribution is 5.39. The lowest BCUT2D eigenvalue weighted by Gasteiger charge is -2.23. The zero-order valence-electron chi connectivity index (χ0n) is 9.24. The summed E-state index contributed by atoms with van der Waals surface area (Å²) in [5, 5.41) is 15.4. The number of pyridine rings is 1. The lowest BCUT2D eigenvalue weighted by molar-refractivity contribution is 0.414. The number of rotatable bonds is 3. The van der Waals surface area contributed by atoms with Crippen molar-refractivity contribution in [3.63, 3.8) is 0 Å². The molecule has 2 heterocycles. The van der Waals surface area contributed by atoms with Crippen LogP contribution < -0.4 is 10.6 Å². The molecule has 4 nitrogen and oxygen atoms in total. The Morgan fingerprint density at radius 3 is 3.06 bits per heavy atom. The molecular formula is C12H16N4. The van der Waals surface area contributed by atoms with Crippen LogP contribution in [0.25, 0.3) is 0 Å². The quantitative estimate of drug-likeness (QED) is 0.804. The molecule has 4 heteroatoms. The van der Waals surface area contributed by atoms with E-state index in [2.05, 4.69) is 21.7 Å². The maximum atomic E-state index is 8.64. The SMILES string of the molecule is N#Cc1ccc(NCC2CCCCN2)nc1. The van der Waals surface area contributed by atoms with E-state index < -0.39 is 0 Å². The lowest BCUT2D eigenvalue weighted by Crippen LogP contribution is -2.39. The summed E-state index contributed by atoms with van der Waals surface area (Å²) in [7, 11) is 0. The Bertz CT molecular complexity index is 360. The van der Waals surface area contributed by atoms with Gasteiger partial charge in [-0.05, 0) is 31.5 Å². The van der Waals surface area contributed by atoms with Gasteiger partial charge in [0.15, 0.2) is 0 Å². The van der Waals surface area contributed by atoms with Crippen LogP contribution in [0.4, 0.5) is 5.82 Å². The van der Waals surface area contributed by atoms with Crippen LogP contribution in [-0.4, -0.2) is 24.1 Å². The van der Waals surface area contributed by atoms with Crippen molar-refractivity contribution in [2.24, 2.45) is 0 Å². The predicted octanol–water partition coefficient (Wildman–Crippen LogP) is 1.51. The highest BCUT2D eigenvalue weighted by Gasteiger charge is 2.11. The average molecular weight is 216 g/mol. The summed E-state index contributed by atoms with van der Waals surface area (Å²) in [6.45, 7) is 2.02. The average Bonchev–Trinajstić information content (AvgIpc) is 2.38. The van der Waals surface area contributed by atoms with Crippen LogP contribution in [0.3, 0.4) is 0 Å². The normalized spacial score (nSPS) is 20.1. The molecule has 2 N–H and O–H groups in total. The van der Waals surface area contributed by atoms with Crippen molar-refractivity contribution in [3.8, 4) is 6.07 Å². The van der Waals surface area contributed by atoms with E-state index in [-0.39, 0.29) is 0 Å². The maximum Gasteiger partial charge on any atom is 0.126 e. The molecule has 1 saturated heterocycles. The summed E-state index contributed by atoms with van der Waals surface area (Å²) in [6.07, 6.45) is 5.41. The number of aromatic nitrogens is 1. The van der Waals surface area contributed by atoms with E-state index in [0.29, 0.717) is 11.6 Å². The van der Waals surface area contributed by atoms with Gasteiger partial charge in [0.2, 0.25) is 0 Å². The number of nitrogens with zero attached hydrogens (tertiary/aromatic N) is 2. The van der Waals surface area contributed by atoms with Crippen LogP contribution in [0.5, 0.6) is 0 Å². The molecule has 0 amide bonds. The topological polar surface area (TPSA) is 60.7 Å². The monoisotopic (exact) mass is 216 g/mol. The summed E-state index contributed by atoms with van der Waals surface area (Å²) in [4.78, 5) is 4.17. The Kier molecular flexibility index (Phi) is 3.73. The van der Waals surface area contributed by atoms with Crippen molar-refractivity contribution in [2.75, 3.05) is 18.4 Å². The van der Waals surface area contributed by atoms with Crippen LogP contribution in [0.15, 0.2) is 18.3 Å². The molecule has 1 aliphatic rings. The number of nitriles is 1. The second-order valence-corrected chi connectivity index (χ2v) is 4.07. The third kappa shape index (κ3) is 2.94. The molecule has 16 heavy (non-hydrogen) atoms. The standard InChI is InChI=1S/C12H16N4/c13-7-10-4-5-12(15-8-10)16-9-11-3-1-2-6-14-11/h4-5,8,11,14H,1-3,6,9H2,(H,15,16). The van der Waals surface area contributed by atoms with Gasteiger partial charge in [0.25, 0.3) is 0 Å². The second-order valence-electron chi connectivity index (χ2n) is 4.07. The molecule has 0 aliphatic carbocycles. The smallest absolute Gasteiger partial charge is 0.126 e. The zero-order valence-corrected chi connectivity index (χ0v) is 9.24. The largest absolute Gasteiger partial charge is 0.369 e. The van der Waals surface area contributed by atoms with Crippen LogP contribution in [-0.2, 0) is 0 Å². The van der Waals surface area contributed by atoms with Crippen molar-refractivity contribution in [3.05, 3.63) is 23.9 Å². The predicted molar refractivity (Wildman–Crippen MR) is 63.1 cm³/mol. The summed E-state index contributed by atoms with van der Waals surface area (Å²) in [5.41, 5.74) is 0.598. The number of hydrogen-bond acceptors (Lipinski definition) is 4. The number of hydrogen-bond donors (Lipinski definition) is 2. The molecule has 84 valence electrons. The van der Waals surface area contributed by atoms with Crippen LogP contribution >= 0.6 is 0 Å². The van der Waals surface area contributed by atoms with E-state index >= 15 is 0 Å². The number of nitrogens with one attached hydrogen (secondary N) is 2. The van der Waals surface area contributed by atoms with Gasteiger partial charge >= 0.3 is 0 Å². The first kappa shape index (κ1) is 10.9. The van der Waals surface area contributed by atoms with Crippen molar-refractivity contribution < 1.29 is 0 Å². The molecule has 0 radical (unpaired) electrons. The Morgan fingerprint density at radius 2 is 2.44 bits per heavy atom. The Morgan fingerprint density at radius 1 is 1.50 bits per heavy atom. The van der Waals surface area contributed by atoms with E-state index in [9.17, 15) is 0 Å². The van der Waals surface area contributed by atoms with Gasteiger partial charge in [-0.15, -0.1) is 0 Å². The van der Waals surface area contributed by atoms with Crippen molar-refractivity contribution >= 4 is 5.82 Å². The highest BCUT2D eigenvalue weighted by atomic mass is 15.0. The van der Waals surface area contributed by atoms with E-state index in [1.807, 2.05) is 6.07 Å². The van der Waals surface area contributed by atoms with Gasteiger partial charge in [-0.3, -0.25) is 0 Å². The van der Waals surface area contributed by atoms with Crippen molar-refractivity contribution in [1.29, 1.82) is 5.26 Å². The molecule has 1 atom stereocenters. The fourth-order valence-corrected chi connectivity index (χ4v) is 1.89. The molecule has 1 aromatic rings. The zero-order chi connectivity index (χ0) is 11.2. The maximum absolute atomic E-state index is 8.64. The molecule has 1 unspecified atom stereocenters. The summed E-state index contributed by atoms with van der Waals surface area (Å²) in [5.74, 6) is 0.839. The van der Waals surface area contributed by atoms with Gasteiger partial charge in [-0.2, -0.15) is 5.26 Å². The second kappa shape index (κ2) is 5.47. The first-order chi connectivity index (χ1) is 7.88. The molecule has 0 saturated carbocycles. The molecule has 0 aromatic carbocycles. The summed E-state index contributed by atoms with van der Waals surface area (Å²) < 4.78 is 0. The van der Waals surface area contributed by atoms with E-state index in [0.717, 1.165) is 18.9 Å². The molecule has 1 aromatic heterocycles. The molecular weight excluding hydrogens is 200 g/mol. The van der Waals surface area contributed by atoms with Gasteiger partial charge in [-0.25, -0.2) is 4.98 Å². The molecule has 0 spiro atoms. The Balaban J connectivity index is 1.82. The minimum atomic E-state index is 0.547. The van der Waals surface area contributed by atoms with Crippen molar-refractivity contribution in [1.82, 2.24) is 10.3 Å². The minimum absolute atomic E-state index is 0.547. The van der Waals surface area contributed by atoms with E-state index in [1.54, 1.807) is 12.3 Å². The molecule has 1 fully saturated rings. The molecule has 0 bridgehead atoms.